The van der Waals surface area contributed by atoms with Gasteiger partial charge in [-0.15, -0.1) is 0 Å². The van der Waals surface area contributed by atoms with Crippen LogP contribution in [0.3, 0.4) is 0 Å². The first kappa shape index (κ1) is 12.3. The molecule has 0 fully saturated rings. The molecular formula is C18H16N2O. The number of carbonyl (C=O) groups is 1. The zero-order chi connectivity index (χ0) is 14.4. The van der Waals surface area contributed by atoms with E-state index in [1.807, 2.05) is 48.0 Å². The Kier molecular flexibility index (Phi) is 2.67. The molecule has 21 heavy (non-hydrogen) atoms. The maximum Gasteiger partial charge on any atom is 0.148 e. The highest BCUT2D eigenvalue weighted by molar-refractivity contribution is 5.90. The van der Waals surface area contributed by atoms with Crippen LogP contribution < -0.4 is 0 Å². The van der Waals surface area contributed by atoms with E-state index in [0.717, 1.165) is 23.3 Å². The summed E-state index contributed by atoms with van der Waals surface area (Å²) in [7, 11) is 1.98. The summed E-state index contributed by atoms with van der Waals surface area (Å²) in [6, 6.07) is 16.2. The van der Waals surface area contributed by atoms with Gasteiger partial charge >= 0.3 is 0 Å². The Hall–Kier alpha value is -2.42. The predicted molar refractivity (Wildman–Crippen MR) is 82.3 cm³/mol. The largest absolute Gasteiger partial charge is 0.331 e. The van der Waals surface area contributed by atoms with Gasteiger partial charge in [0.25, 0.3) is 0 Å². The third-order valence-electron chi connectivity index (χ3n) is 4.46. The Morgan fingerprint density at radius 3 is 2.76 bits per heavy atom. The minimum Gasteiger partial charge on any atom is -0.331 e. The van der Waals surface area contributed by atoms with Gasteiger partial charge in [-0.25, -0.2) is 4.98 Å². The van der Waals surface area contributed by atoms with E-state index in [0.29, 0.717) is 6.42 Å². The number of carbonyl (C=O) groups excluding carboxylic acids is 1. The number of aryl methyl sites for hydroxylation is 1. The molecule has 0 spiro atoms. The highest BCUT2D eigenvalue weighted by Crippen LogP contribution is 2.36. The number of benzene rings is 2. The lowest BCUT2D eigenvalue weighted by molar-refractivity contribution is -0.120. The van der Waals surface area contributed by atoms with Crippen LogP contribution in [-0.4, -0.2) is 15.3 Å². The smallest absolute Gasteiger partial charge is 0.148 e. The summed E-state index contributed by atoms with van der Waals surface area (Å²) >= 11 is 0. The molecule has 4 rings (SSSR count). The third-order valence-corrected chi connectivity index (χ3v) is 4.46. The number of para-hydroxylation sites is 2. The van der Waals surface area contributed by atoms with Crippen LogP contribution in [0.2, 0.25) is 0 Å². The Morgan fingerprint density at radius 2 is 1.95 bits per heavy atom. The Balaban J connectivity index is 1.61. The average molecular weight is 276 g/mol. The molecule has 0 aliphatic heterocycles. The van der Waals surface area contributed by atoms with Crippen molar-refractivity contribution in [3.63, 3.8) is 0 Å². The summed E-state index contributed by atoms with van der Waals surface area (Å²) in [6.45, 7) is 0. The highest BCUT2D eigenvalue weighted by Gasteiger charge is 2.32. The number of aromatic nitrogens is 2. The van der Waals surface area contributed by atoms with Gasteiger partial charge in [-0.3, -0.25) is 4.79 Å². The van der Waals surface area contributed by atoms with E-state index in [4.69, 9.17) is 0 Å². The van der Waals surface area contributed by atoms with E-state index in [1.54, 1.807) is 0 Å². The Morgan fingerprint density at radius 1 is 1.19 bits per heavy atom. The molecule has 2 aromatic carbocycles. The molecule has 0 saturated heterocycles. The molecule has 1 aliphatic carbocycles. The lowest BCUT2D eigenvalue weighted by atomic mass is 9.74. The van der Waals surface area contributed by atoms with Crippen molar-refractivity contribution in [2.45, 2.75) is 18.8 Å². The monoisotopic (exact) mass is 276 g/mol. The maximum atomic E-state index is 12.5. The molecular weight excluding hydrogens is 260 g/mol. The number of Topliss-reactive ketones (excluding diaryl/α,β-unsaturated/α-hetero) is 1. The van der Waals surface area contributed by atoms with Gasteiger partial charge in [-0.1, -0.05) is 36.4 Å². The molecule has 0 radical (unpaired) electrons. The lowest BCUT2D eigenvalue weighted by Crippen LogP contribution is -2.27. The minimum absolute atomic E-state index is 0.0565. The zero-order valence-electron chi connectivity index (χ0n) is 11.9. The molecule has 1 aromatic heterocycles. The van der Waals surface area contributed by atoms with Crippen LogP contribution in [0.15, 0.2) is 48.5 Å². The Labute approximate surface area is 123 Å². The summed E-state index contributed by atoms with van der Waals surface area (Å²) in [4.78, 5) is 17.1. The normalized spacial score (nSPS) is 16.5. The fourth-order valence-electron chi connectivity index (χ4n) is 3.18. The van der Waals surface area contributed by atoms with Crippen LogP contribution >= 0.6 is 0 Å². The summed E-state index contributed by atoms with van der Waals surface area (Å²) in [5.41, 5.74) is 4.54. The molecule has 0 amide bonds. The van der Waals surface area contributed by atoms with E-state index in [1.165, 1.54) is 11.1 Å². The van der Waals surface area contributed by atoms with Crippen molar-refractivity contribution in [3.8, 4) is 0 Å². The molecule has 0 bridgehead atoms. The first-order chi connectivity index (χ1) is 10.2. The summed E-state index contributed by atoms with van der Waals surface area (Å²) in [5, 5.41) is 0. The second-order valence-corrected chi connectivity index (χ2v) is 5.67. The fourth-order valence-corrected chi connectivity index (χ4v) is 3.18. The first-order valence-electron chi connectivity index (χ1n) is 7.25. The van der Waals surface area contributed by atoms with E-state index >= 15 is 0 Å². The van der Waals surface area contributed by atoms with Gasteiger partial charge < -0.3 is 4.57 Å². The fraction of sp³-hybridized carbons (Fsp3) is 0.222. The van der Waals surface area contributed by atoms with Gasteiger partial charge in [-0.2, -0.15) is 0 Å². The number of hydrogen-bond donors (Lipinski definition) is 0. The van der Waals surface area contributed by atoms with Crippen LogP contribution in [-0.2, 0) is 24.7 Å². The van der Waals surface area contributed by atoms with Gasteiger partial charge in [0.1, 0.15) is 11.6 Å². The molecule has 104 valence electrons. The molecule has 1 atom stereocenters. The molecule has 1 aliphatic rings. The summed E-state index contributed by atoms with van der Waals surface area (Å²) in [6.07, 6.45) is 1.28. The van der Waals surface area contributed by atoms with Crippen molar-refractivity contribution < 1.29 is 4.79 Å². The number of imidazole rings is 1. The number of hydrogen-bond acceptors (Lipinski definition) is 2. The van der Waals surface area contributed by atoms with Crippen LogP contribution in [0, 0.1) is 0 Å². The standard InChI is InChI=1S/C18H16N2O/c1-20-16-9-5-4-8-15(16)19-18(20)11-17(21)14-10-12-6-2-3-7-13(12)14/h2-9,14H,10-11H2,1H3. The number of rotatable bonds is 3. The van der Waals surface area contributed by atoms with Crippen molar-refractivity contribution in [1.82, 2.24) is 9.55 Å². The Bertz CT molecular complexity index is 847. The zero-order valence-corrected chi connectivity index (χ0v) is 11.9. The number of nitrogens with zero attached hydrogens (tertiary/aromatic N) is 2. The number of fused-ring (bicyclic) bond motifs is 2. The molecule has 3 heteroatoms. The third kappa shape index (κ3) is 1.88. The van der Waals surface area contributed by atoms with Crippen molar-refractivity contribution in [1.29, 1.82) is 0 Å². The SMILES string of the molecule is Cn1c(CC(=O)C2Cc3ccccc32)nc2ccccc21. The van der Waals surface area contributed by atoms with Crippen LogP contribution in [0.5, 0.6) is 0 Å². The van der Waals surface area contributed by atoms with Crippen molar-refractivity contribution in [2.75, 3.05) is 0 Å². The van der Waals surface area contributed by atoms with Gasteiger partial charge in [0.15, 0.2) is 0 Å². The average Bonchev–Trinajstić information content (AvgIpc) is 2.77. The van der Waals surface area contributed by atoms with Gasteiger partial charge in [0, 0.05) is 13.0 Å². The number of ketones is 1. The van der Waals surface area contributed by atoms with E-state index in [-0.39, 0.29) is 11.7 Å². The van der Waals surface area contributed by atoms with E-state index < -0.39 is 0 Å². The van der Waals surface area contributed by atoms with E-state index in [2.05, 4.69) is 17.1 Å². The van der Waals surface area contributed by atoms with Crippen LogP contribution in [0.4, 0.5) is 0 Å². The topological polar surface area (TPSA) is 34.9 Å². The van der Waals surface area contributed by atoms with E-state index in [9.17, 15) is 4.79 Å². The van der Waals surface area contributed by atoms with Gasteiger partial charge in [-0.05, 0) is 29.7 Å². The molecule has 1 heterocycles. The van der Waals surface area contributed by atoms with Gasteiger partial charge in [0.2, 0.25) is 0 Å². The first-order valence-corrected chi connectivity index (χ1v) is 7.25. The lowest BCUT2D eigenvalue weighted by Gasteiger charge is -2.28. The quantitative estimate of drug-likeness (QED) is 0.737. The van der Waals surface area contributed by atoms with Crippen molar-refractivity contribution in [3.05, 3.63) is 65.5 Å². The molecule has 0 N–H and O–H groups in total. The molecule has 3 nitrogen and oxygen atoms in total. The van der Waals surface area contributed by atoms with Crippen molar-refractivity contribution in [2.24, 2.45) is 7.05 Å². The molecule has 0 saturated carbocycles. The summed E-state index contributed by atoms with van der Waals surface area (Å²) < 4.78 is 2.03. The second kappa shape index (κ2) is 4.55. The van der Waals surface area contributed by atoms with Crippen molar-refractivity contribution >= 4 is 16.8 Å². The molecule has 1 unspecified atom stereocenters. The maximum absolute atomic E-state index is 12.5. The van der Waals surface area contributed by atoms with Crippen LogP contribution in [0.25, 0.3) is 11.0 Å². The minimum atomic E-state index is 0.0565. The van der Waals surface area contributed by atoms with Crippen LogP contribution in [0.1, 0.15) is 22.9 Å². The highest BCUT2D eigenvalue weighted by atomic mass is 16.1. The molecule has 3 aromatic rings. The predicted octanol–water partition coefficient (Wildman–Crippen LogP) is 3.02. The second-order valence-electron chi connectivity index (χ2n) is 5.67. The summed E-state index contributed by atoms with van der Waals surface area (Å²) in [5.74, 6) is 1.18. The van der Waals surface area contributed by atoms with Gasteiger partial charge in [0.05, 0.1) is 17.5 Å².